The highest BCUT2D eigenvalue weighted by molar-refractivity contribution is 5.98. The number of fused-ring (bicyclic) bond motifs is 1. The van der Waals surface area contributed by atoms with Crippen molar-refractivity contribution in [2.45, 2.75) is 0 Å². The van der Waals surface area contributed by atoms with Crippen molar-refractivity contribution in [1.82, 2.24) is 4.98 Å². The molecule has 2 rings (SSSR count). The van der Waals surface area contributed by atoms with Gasteiger partial charge in [-0.05, 0) is 18.2 Å². The van der Waals surface area contributed by atoms with Crippen LogP contribution >= 0.6 is 0 Å². The van der Waals surface area contributed by atoms with Crippen LogP contribution in [0.4, 0.5) is 4.39 Å². The van der Waals surface area contributed by atoms with Gasteiger partial charge in [-0.25, -0.2) is 4.39 Å². The summed E-state index contributed by atoms with van der Waals surface area (Å²) in [6, 6.07) is 4.40. The van der Waals surface area contributed by atoms with Crippen molar-refractivity contribution in [2.75, 3.05) is 0 Å². The molecule has 0 aliphatic carbocycles. The summed E-state index contributed by atoms with van der Waals surface area (Å²) in [7, 11) is 0. The highest BCUT2D eigenvalue weighted by Crippen LogP contribution is 2.17. The van der Waals surface area contributed by atoms with Gasteiger partial charge in [0, 0.05) is 22.7 Å². The Morgan fingerprint density at radius 2 is 2.31 bits per heavy atom. The molecule has 1 aromatic heterocycles. The van der Waals surface area contributed by atoms with Crippen molar-refractivity contribution < 1.29 is 9.60 Å². The van der Waals surface area contributed by atoms with Crippen molar-refractivity contribution in [3.63, 3.8) is 0 Å². The van der Waals surface area contributed by atoms with Crippen molar-refractivity contribution in [1.29, 1.82) is 0 Å². The molecule has 0 amide bonds. The molecular formula is C9H7FN2O. The van der Waals surface area contributed by atoms with E-state index in [0.717, 1.165) is 5.52 Å². The fourth-order valence-corrected chi connectivity index (χ4v) is 1.28. The summed E-state index contributed by atoms with van der Waals surface area (Å²) in [4.78, 5) is 2.93. The summed E-state index contributed by atoms with van der Waals surface area (Å²) in [5.74, 6) is -0.306. The van der Waals surface area contributed by atoms with E-state index in [-0.39, 0.29) is 5.82 Å². The molecule has 0 saturated heterocycles. The lowest BCUT2D eigenvalue weighted by molar-refractivity contribution is 0.322. The molecule has 0 unspecified atom stereocenters. The third-order valence-electron chi connectivity index (χ3n) is 1.87. The number of nitrogens with one attached hydrogen (secondary N) is 1. The van der Waals surface area contributed by atoms with Gasteiger partial charge in [-0.2, -0.15) is 0 Å². The first-order valence-corrected chi connectivity index (χ1v) is 3.75. The van der Waals surface area contributed by atoms with Crippen LogP contribution in [0.3, 0.4) is 0 Å². The molecule has 4 heteroatoms. The van der Waals surface area contributed by atoms with E-state index >= 15 is 0 Å². The van der Waals surface area contributed by atoms with Crippen LogP contribution in [0.5, 0.6) is 0 Å². The average Bonchev–Trinajstić information content (AvgIpc) is 2.49. The number of H-pyrrole nitrogens is 1. The largest absolute Gasteiger partial charge is 0.411 e. The molecule has 1 heterocycles. The molecule has 13 heavy (non-hydrogen) atoms. The van der Waals surface area contributed by atoms with Crippen LogP contribution in [0.25, 0.3) is 10.9 Å². The van der Waals surface area contributed by atoms with Gasteiger partial charge in [0.1, 0.15) is 5.82 Å². The van der Waals surface area contributed by atoms with E-state index in [9.17, 15) is 4.39 Å². The molecule has 3 nitrogen and oxygen atoms in total. The summed E-state index contributed by atoms with van der Waals surface area (Å²) in [5.41, 5.74) is 1.48. The molecule has 1 aromatic carbocycles. The monoisotopic (exact) mass is 178 g/mol. The Hall–Kier alpha value is -1.84. The minimum absolute atomic E-state index is 0.306. The minimum atomic E-state index is -0.306. The first-order valence-electron chi connectivity index (χ1n) is 3.75. The molecule has 0 fully saturated rings. The maximum atomic E-state index is 12.8. The van der Waals surface area contributed by atoms with Crippen LogP contribution in [0, 0.1) is 5.82 Å². The summed E-state index contributed by atoms with van der Waals surface area (Å²) in [6.07, 6.45) is 2.92. The number of aromatic nitrogens is 1. The SMILES string of the molecule is O/N=C/c1c[nH]c2ccc(F)cc12. The number of hydrogen-bond donors (Lipinski definition) is 2. The highest BCUT2D eigenvalue weighted by atomic mass is 19.1. The number of rotatable bonds is 1. The summed E-state index contributed by atoms with van der Waals surface area (Å²) in [6.45, 7) is 0. The van der Waals surface area contributed by atoms with Gasteiger partial charge < -0.3 is 10.2 Å². The molecule has 0 bridgehead atoms. The fraction of sp³-hybridized carbons (Fsp3) is 0. The Kier molecular flexibility index (Phi) is 1.73. The van der Waals surface area contributed by atoms with E-state index in [1.807, 2.05) is 0 Å². The molecule has 0 spiro atoms. The van der Waals surface area contributed by atoms with Gasteiger partial charge in [0.05, 0.1) is 6.21 Å². The van der Waals surface area contributed by atoms with Crippen molar-refractivity contribution in [3.8, 4) is 0 Å². The van der Waals surface area contributed by atoms with E-state index in [2.05, 4.69) is 10.1 Å². The Morgan fingerprint density at radius 1 is 1.46 bits per heavy atom. The highest BCUT2D eigenvalue weighted by Gasteiger charge is 2.01. The van der Waals surface area contributed by atoms with Gasteiger partial charge in [0.2, 0.25) is 0 Å². The zero-order valence-electron chi connectivity index (χ0n) is 6.66. The first kappa shape index (κ1) is 7.79. The molecule has 2 aromatic rings. The molecule has 0 aliphatic heterocycles. The second kappa shape index (κ2) is 2.90. The molecule has 0 aliphatic rings. The molecule has 66 valence electrons. The standard InChI is InChI=1S/C9H7FN2O/c10-7-1-2-9-8(3-7)6(4-11-9)5-12-13/h1-5,11,13H/b12-5+. The van der Waals surface area contributed by atoms with Crippen molar-refractivity contribution in [3.05, 3.63) is 35.8 Å². The predicted octanol–water partition coefficient (Wildman–Crippen LogP) is 2.12. The van der Waals surface area contributed by atoms with Gasteiger partial charge in [0.15, 0.2) is 0 Å². The van der Waals surface area contributed by atoms with Gasteiger partial charge >= 0.3 is 0 Å². The first-order chi connectivity index (χ1) is 6.31. The Bertz CT molecular complexity index is 462. The Morgan fingerprint density at radius 3 is 3.08 bits per heavy atom. The lowest BCUT2D eigenvalue weighted by Crippen LogP contribution is -1.78. The quantitative estimate of drug-likeness (QED) is 0.392. The second-order valence-electron chi connectivity index (χ2n) is 2.68. The molecule has 0 radical (unpaired) electrons. The van der Waals surface area contributed by atoms with Crippen LogP contribution in [0.1, 0.15) is 5.56 Å². The van der Waals surface area contributed by atoms with Crippen molar-refractivity contribution >= 4 is 17.1 Å². The topological polar surface area (TPSA) is 48.4 Å². The second-order valence-corrected chi connectivity index (χ2v) is 2.68. The molecule has 0 atom stereocenters. The van der Waals surface area contributed by atoms with Crippen molar-refractivity contribution in [2.24, 2.45) is 5.16 Å². The van der Waals surface area contributed by atoms with E-state index in [1.165, 1.54) is 18.3 Å². The van der Waals surface area contributed by atoms with Gasteiger partial charge in [0.25, 0.3) is 0 Å². The summed E-state index contributed by atoms with van der Waals surface area (Å²) < 4.78 is 12.8. The van der Waals surface area contributed by atoms with E-state index in [4.69, 9.17) is 5.21 Å². The number of benzene rings is 1. The number of hydrogen-bond acceptors (Lipinski definition) is 2. The van der Waals surface area contributed by atoms with Crippen LogP contribution in [-0.4, -0.2) is 16.4 Å². The summed E-state index contributed by atoms with van der Waals surface area (Å²) in [5, 5.41) is 11.9. The number of nitrogens with zero attached hydrogens (tertiary/aromatic N) is 1. The lowest BCUT2D eigenvalue weighted by Gasteiger charge is -1.90. The Labute approximate surface area is 73.5 Å². The van der Waals surface area contributed by atoms with Crippen LogP contribution in [0.15, 0.2) is 29.6 Å². The van der Waals surface area contributed by atoms with Crippen LogP contribution < -0.4 is 0 Å². The Balaban J connectivity index is 2.71. The predicted molar refractivity (Wildman–Crippen MR) is 47.6 cm³/mol. The van der Waals surface area contributed by atoms with Crippen LogP contribution in [0.2, 0.25) is 0 Å². The van der Waals surface area contributed by atoms with Gasteiger partial charge in [-0.1, -0.05) is 5.16 Å². The lowest BCUT2D eigenvalue weighted by atomic mass is 10.2. The zero-order chi connectivity index (χ0) is 9.26. The normalized spacial score (nSPS) is 11.5. The van der Waals surface area contributed by atoms with E-state index < -0.39 is 0 Å². The fourth-order valence-electron chi connectivity index (χ4n) is 1.28. The third kappa shape index (κ3) is 1.26. The minimum Gasteiger partial charge on any atom is -0.411 e. The molecular weight excluding hydrogens is 171 g/mol. The maximum Gasteiger partial charge on any atom is 0.123 e. The molecule has 0 saturated carbocycles. The maximum absolute atomic E-state index is 12.8. The van der Waals surface area contributed by atoms with E-state index in [1.54, 1.807) is 12.3 Å². The third-order valence-corrected chi connectivity index (χ3v) is 1.87. The number of oxime groups is 1. The van der Waals surface area contributed by atoms with Crippen LogP contribution in [-0.2, 0) is 0 Å². The number of aromatic amines is 1. The zero-order valence-corrected chi connectivity index (χ0v) is 6.66. The van der Waals surface area contributed by atoms with Gasteiger partial charge in [-0.3, -0.25) is 0 Å². The number of halogens is 1. The summed E-state index contributed by atoms with van der Waals surface area (Å²) >= 11 is 0. The van der Waals surface area contributed by atoms with Gasteiger partial charge in [-0.15, -0.1) is 0 Å². The average molecular weight is 178 g/mol. The molecule has 2 N–H and O–H groups in total. The van der Waals surface area contributed by atoms with E-state index in [0.29, 0.717) is 10.9 Å². The smallest absolute Gasteiger partial charge is 0.123 e.